The summed E-state index contributed by atoms with van der Waals surface area (Å²) in [7, 11) is 0. The molecule has 3 unspecified atom stereocenters. The summed E-state index contributed by atoms with van der Waals surface area (Å²) in [6, 6.07) is 14.0. The number of anilines is 1. The molecular formula is C38H59N3O9. The van der Waals surface area contributed by atoms with E-state index >= 15 is 0 Å². The zero-order chi connectivity index (χ0) is 37.5. The number of aliphatic hydroxyl groups is 1. The monoisotopic (exact) mass is 701 g/mol. The largest absolute Gasteiger partial charge is 0.480 e. The van der Waals surface area contributed by atoms with Gasteiger partial charge >= 0.3 is 11.9 Å². The van der Waals surface area contributed by atoms with Crippen LogP contribution in [0.25, 0.3) is 0 Å². The molecule has 2 aromatic rings. The number of rotatable bonds is 17. The number of hydrogen-bond donors (Lipinski definition) is 5. The maximum absolute atomic E-state index is 12.1. The van der Waals surface area contributed by atoms with E-state index in [9.17, 15) is 24.3 Å². The van der Waals surface area contributed by atoms with E-state index in [-0.39, 0.29) is 31.4 Å². The molecule has 3 atom stereocenters. The van der Waals surface area contributed by atoms with E-state index in [0.29, 0.717) is 23.4 Å². The second-order valence-corrected chi connectivity index (χ2v) is 12.2. The van der Waals surface area contributed by atoms with Crippen LogP contribution in [0.4, 0.5) is 5.69 Å². The van der Waals surface area contributed by atoms with Crippen LogP contribution in [0.2, 0.25) is 0 Å². The second-order valence-electron chi connectivity index (χ2n) is 12.2. The van der Waals surface area contributed by atoms with Gasteiger partial charge in [-0.25, -0.2) is 0 Å². The van der Waals surface area contributed by atoms with E-state index in [1.54, 1.807) is 18.2 Å². The highest BCUT2D eigenvalue weighted by Gasteiger charge is 2.34. The number of carbonyl (C=O) groups is 4. The summed E-state index contributed by atoms with van der Waals surface area (Å²) >= 11 is 0. The molecule has 3 rings (SSSR count). The molecule has 0 aliphatic carbocycles. The van der Waals surface area contributed by atoms with Crippen LogP contribution in [0.3, 0.4) is 0 Å². The molecule has 0 spiro atoms. The predicted molar refractivity (Wildman–Crippen MR) is 194 cm³/mol. The lowest BCUT2D eigenvalue weighted by molar-refractivity contribution is -0.184. The second kappa shape index (κ2) is 24.9. The van der Waals surface area contributed by atoms with Crippen LogP contribution in [-0.4, -0.2) is 71.6 Å². The Morgan fingerprint density at radius 3 is 2.26 bits per heavy atom. The van der Waals surface area contributed by atoms with Gasteiger partial charge in [-0.15, -0.1) is 0 Å². The van der Waals surface area contributed by atoms with E-state index in [4.69, 9.17) is 19.3 Å². The van der Waals surface area contributed by atoms with Gasteiger partial charge in [0.25, 0.3) is 0 Å². The number of carboxylic acid groups (broad SMARTS) is 1. The summed E-state index contributed by atoms with van der Waals surface area (Å²) in [6.45, 7) is 13.8. The molecule has 1 aliphatic rings. The Morgan fingerprint density at radius 1 is 0.960 bits per heavy atom. The molecule has 2 aromatic carbocycles. The first-order chi connectivity index (χ1) is 23.9. The Bertz CT molecular complexity index is 1300. The lowest BCUT2D eigenvalue weighted by Crippen LogP contribution is -2.47. The van der Waals surface area contributed by atoms with E-state index in [0.717, 1.165) is 38.6 Å². The Labute approximate surface area is 297 Å². The molecule has 1 fully saturated rings. The average molecular weight is 702 g/mol. The third-order valence-corrected chi connectivity index (χ3v) is 7.26. The number of ether oxygens (including phenoxy) is 3. The number of aliphatic carboxylic acids is 1. The summed E-state index contributed by atoms with van der Waals surface area (Å²) in [5, 5.41) is 27.3. The highest BCUT2D eigenvalue weighted by atomic mass is 16.7. The Balaban J connectivity index is 0.000000533. The van der Waals surface area contributed by atoms with Crippen molar-refractivity contribution in [2.45, 2.75) is 131 Å². The molecule has 12 nitrogen and oxygen atoms in total. The third kappa shape index (κ3) is 19.1. The van der Waals surface area contributed by atoms with Gasteiger partial charge in [0, 0.05) is 38.8 Å². The first-order valence-corrected chi connectivity index (χ1v) is 17.7. The third-order valence-electron chi connectivity index (χ3n) is 7.26. The van der Waals surface area contributed by atoms with E-state index in [1.807, 2.05) is 27.7 Å². The maximum atomic E-state index is 12.1. The van der Waals surface area contributed by atoms with Gasteiger partial charge in [0.1, 0.15) is 25.0 Å². The van der Waals surface area contributed by atoms with Crippen molar-refractivity contribution in [2.75, 3.05) is 18.4 Å². The summed E-state index contributed by atoms with van der Waals surface area (Å²) < 4.78 is 16.6. The summed E-state index contributed by atoms with van der Waals surface area (Å²) in [5.74, 6) is -1.60. The van der Waals surface area contributed by atoms with Crippen molar-refractivity contribution in [3.63, 3.8) is 0 Å². The van der Waals surface area contributed by atoms with Gasteiger partial charge in [0.15, 0.2) is 0 Å². The molecule has 0 bridgehead atoms. The average Bonchev–Trinajstić information content (AvgIpc) is 3.07. The fraction of sp³-hybridized carbons (Fsp3) is 0.579. The number of unbranched alkanes of at least 4 members (excludes halogenated alkanes) is 2. The molecule has 12 heteroatoms. The predicted octanol–water partition coefficient (Wildman–Crippen LogP) is 5.67. The molecule has 50 heavy (non-hydrogen) atoms. The minimum atomic E-state index is -1.18. The molecule has 280 valence electrons. The smallest absolute Gasteiger partial charge is 0.322 e. The Morgan fingerprint density at radius 2 is 1.64 bits per heavy atom. The van der Waals surface area contributed by atoms with Crippen LogP contribution in [-0.2, 0) is 41.7 Å². The van der Waals surface area contributed by atoms with Crippen LogP contribution in [0.5, 0.6) is 5.75 Å². The van der Waals surface area contributed by atoms with Crippen LogP contribution in [0.1, 0.15) is 103 Å². The quantitative estimate of drug-likeness (QED) is 0.102. The van der Waals surface area contributed by atoms with Gasteiger partial charge in [-0.05, 0) is 69.7 Å². The minimum Gasteiger partial charge on any atom is -0.480 e. The Kier molecular flexibility index (Phi) is 21.8. The number of carbonyl (C=O) groups excluding carboxylic acids is 3. The molecule has 0 radical (unpaired) electrons. The molecule has 2 amide bonds. The Hall–Kier alpha value is -4.16. The number of hydrogen-bond acceptors (Lipinski definition) is 9. The van der Waals surface area contributed by atoms with Crippen molar-refractivity contribution in [1.29, 1.82) is 0 Å². The summed E-state index contributed by atoms with van der Waals surface area (Å²) in [4.78, 5) is 45.3. The molecule has 1 aliphatic heterocycles. The summed E-state index contributed by atoms with van der Waals surface area (Å²) in [5.41, 5.74) is 4.04. The zero-order valence-electron chi connectivity index (χ0n) is 30.9. The lowest BCUT2D eigenvalue weighted by atomic mass is 10.0. The standard InChI is InChI=1S/C20H28N2O8.C16H25NO.C2H6/c1-11(2)22-15-5-4-13(10-28-12(3)23)6-16(15)29-19-8-14(24)7-17(30-19)20(27)21-9-18(25)26;1-3-4-13-17-16(18)8-6-5-7-15-11-9-14(2)10-12-15;1-2/h4-6,11,14,17,19,22,24H,7-10H2,1-3H3,(H,21,27)(H,25,26);9-12H,3-8,13H2,1-2H3,(H,17,18);1-2H3. The van der Waals surface area contributed by atoms with Crippen molar-refractivity contribution in [3.05, 3.63) is 59.2 Å². The van der Waals surface area contributed by atoms with Crippen LogP contribution >= 0.6 is 0 Å². The number of benzene rings is 2. The van der Waals surface area contributed by atoms with Crippen molar-refractivity contribution in [2.24, 2.45) is 0 Å². The highest BCUT2D eigenvalue weighted by Crippen LogP contribution is 2.31. The SMILES string of the molecule is CC.CC(=O)OCc1ccc(NC(C)C)c(OC2CC(O)CC(C(=O)NCC(=O)O)O2)c1.CCCCNC(=O)CCCCc1ccc(C)cc1. The molecule has 1 saturated heterocycles. The molecular weight excluding hydrogens is 642 g/mol. The van der Waals surface area contributed by atoms with E-state index in [2.05, 4.69) is 54.1 Å². The number of nitrogens with one attached hydrogen (secondary N) is 3. The number of aliphatic hydroxyl groups excluding tert-OH is 1. The van der Waals surface area contributed by atoms with Crippen molar-refractivity contribution in [3.8, 4) is 5.75 Å². The van der Waals surface area contributed by atoms with Crippen LogP contribution in [0, 0.1) is 6.92 Å². The molecule has 0 aromatic heterocycles. The van der Waals surface area contributed by atoms with Gasteiger partial charge in [0.2, 0.25) is 18.1 Å². The molecule has 5 N–H and O–H groups in total. The first-order valence-electron chi connectivity index (χ1n) is 17.7. The van der Waals surface area contributed by atoms with E-state index < -0.39 is 42.9 Å². The molecule has 0 saturated carbocycles. The normalized spacial score (nSPS) is 16.5. The number of esters is 1. The summed E-state index contributed by atoms with van der Waals surface area (Å²) in [6.07, 6.45) is 3.37. The zero-order valence-corrected chi connectivity index (χ0v) is 30.9. The van der Waals surface area contributed by atoms with Crippen LogP contribution < -0.4 is 20.7 Å². The van der Waals surface area contributed by atoms with Gasteiger partial charge in [-0.1, -0.05) is 63.1 Å². The van der Waals surface area contributed by atoms with E-state index in [1.165, 1.54) is 18.1 Å². The van der Waals surface area contributed by atoms with Crippen molar-refractivity contribution in [1.82, 2.24) is 10.6 Å². The van der Waals surface area contributed by atoms with Gasteiger partial charge in [-0.3, -0.25) is 19.2 Å². The van der Waals surface area contributed by atoms with Gasteiger partial charge in [-0.2, -0.15) is 0 Å². The number of aryl methyl sites for hydroxylation is 2. The number of carboxylic acids is 1. The van der Waals surface area contributed by atoms with Crippen molar-refractivity contribution >= 4 is 29.4 Å². The topological polar surface area (TPSA) is 173 Å². The highest BCUT2D eigenvalue weighted by molar-refractivity contribution is 5.84. The maximum Gasteiger partial charge on any atom is 0.322 e. The van der Waals surface area contributed by atoms with Gasteiger partial charge < -0.3 is 40.4 Å². The van der Waals surface area contributed by atoms with Crippen LogP contribution in [0.15, 0.2) is 42.5 Å². The lowest BCUT2D eigenvalue weighted by Gasteiger charge is -2.33. The minimum absolute atomic E-state index is 0.0366. The fourth-order valence-corrected chi connectivity index (χ4v) is 4.75. The fourth-order valence-electron chi connectivity index (χ4n) is 4.75. The van der Waals surface area contributed by atoms with Crippen molar-refractivity contribution < 1.29 is 43.6 Å². The molecule has 1 heterocycles. The number of amides is 2. The van der Waals surface area contributed by atoms with Gasteiger partial charge in [0.05, 0.1) is 11.8 Å². The first kappa shape index (κ1) is 43.9.